The molecule has 0 N–H and O–H groups in total. The summed E-state index contributed by atoms with van der Waals surface area (Å²) in [4.78, 5) is 0. The molecule has 1 nitrogen and oxygen atoms in total. The number of hydrogen-bond acceptors (Lipinski definition) is 0. The van der Waals surface area contributed by atoms with Gasteiger partial charge in [-0.05, 0) is 23.8 Å². The van der Waals surface area contributed by atoms with Crippen molar-refractivity contribution in [3.63, 3.8) is 0 Å². The predicted octanol–water partition coefficient (Wildman–Crippen LogP) is 6.51. The van der Waals surface area contributed by atoms with Gasteiger partial charge in [0.2, 0.25) is 5.69 Å². The maximum atomic E-state index is 2.40. The van der Waals surface area contributed by atoms with Gasteiger partial charge in [-0.25, -0.2) is 0 Å². The lowest BCUT2D eigenvalue weighted by Gasteiger charge is -2.14. The van der Waals surface area contributed by atoms with Gasteiger partial charge in [0.05, 0.1) is 5.56 Å². The molecule has 0 saturated carbocycles. The summed E-state index contributed by atoms with van der Waals surface area (Å²) in [6.07, 6.45) is 2.29. The number of fused-ring (bicyclic) bond motifs is 1. The maximum absolute atomic E-state index is 2.40. The van der Waals surface area contributed by atoms with Crippen LogP contribution in [0.1, 0.15) is 5.56 Å². The van der Waals surface area contributed by atoms with E-state index in [1.165, 1.54) is 38.7 Å². The van der Waals surface area contributed by atoms with Crippen LogP contribution in [0, 0.1) is 0 Å². The monoisotopic (exact) mass is 372 g/mol. The van der Waals surface area contributed by atoms with E-state index in [1.807, 2.05) is 0 Å². The Labute approximate surface area is 171 Å². The van der Waals surface area contributed by atoms with E-state index in [-0.39, 0.29) is 0 Å². The lowest BCUT2D eigenvalue weighted by molar-refractivity contribution is -0.675. The highest BCUT2D eigenvalue weighted by Gasteiger charge is 2.23. The van der Waals surface area contributed by atoms with E-state index < -0.39 is 0 Å². The highest BCUT2D eigenvalue weighted by molar-refractivity contribution is 6.01. The molecule has 0 amide bonds. The molecule has 0 fully saturated rings. The zero-order valence-electron chi connectivity index (χ0n) is 16.2. The van der Waals surface area contributed by atoms with Crippen molar-refractivity contribution in [1.82, 2.24) is 0 Å². The molecule has 5 aromatic rings. The van der Waals surface area contributed by atoms with Crippen molar-refractivity contribution in [3.8, 4) is 22.4 Å². The molecule has 0 radical (unpaired) electrons. The zero-order valence-corrected chi connectivity index (χ0v) is 16.2. The van der Waals surface area contributed by atoms with E-state index in [4.69, 9.17) is 0 Å². The minimum atomic E-state index is 0.829. The van der Waals surface area contributed by atoms with Gasteiger partial charge in [0, 0.05) is 21.9 Å². The Hall–Kier alpha value is -3.71. The predicted molar refractivity (Wildman–Crippen MR) is 121 cm³/mol. The Balaban J connectivity index is 1.86. The van der Waals surface area contributed by atoms with Crippen molar-refractivity contribution in [3.05, 3.63) is 127 Å². The first-order valence-corrected chi connectivity index (χ1v) is 10.00. The summed E-state index contributed by atoms with van der Waals surface area (Å²) in [5.41, 5.74) is 6.30. The summed E-state index contributed by atoms with van der Waals surface area (Å²) >= 11 is 0. The fraction of sp³-hybridized carbons (Fsp3) is 0.0357. The third kappa shape index (κ3) is 3.43. The van der Waals surface area contributed by atoms with Crippen LogP contribution in [-0.4, -0.2) is 0 Å². The van der Waals surface area contributed by atoms with E-state index in [1.54, 1.807) is 0 Å². The van der Waals surface area contributed by atoms with E-state index in [0.29, 0.717) is 0 Å². The highest BCUT2D eigenvalue weighted by Crippen LogP contribution is 2.35. The number of nitrogens with zero attached hydrogens (tertiary/aromatic N) is 1. The Kier molecular flexibility index (Phi) is 4.63. The molecule has 1 aromatic heterocycles. The summed E-state index contributed by atoms with van der Waals surface area (Å²) in [5, 5.41) is 2.53. The summed E-state index contributed by atoms with van der Waals surface area (Å²) in [7, 11) is 0. The topological polar surface area (TPSA) is 3.88 Å². The average Bonchev–Trinajstić information content (AvgIpc) is 2.80. The van der Waals surface area contributed by atoms with Crippen molar-refractivity contribution < 1.29 is 4.57 Å². The number of hydrogen-bond donors (Lipinski definition) is 0. The molecule has 0 unspecified atom stereocenters. The van der Waals surface area contributed by atoms with Crippen LogP contribution in [0.2, 0.25) is 0 Å². The molecule has 4 aromatic carbocycles. The zero-order chi connectivity index (χ0) is 19.5. The van der Waals surface area contributed by atoms with Crippen molar-refractivity contribution >= 4 is 10.8 Å². The van der Waals surface area contributed by atoms with E-state index in [2.05, 4.69) is 126 Å². The van der Waals surface area contributed by atoms with E-state index in [9.17, 15) is 0 Å². The Bertz CT molecular complexity index is 1240. The van der Waals surface area contributed by atoms with Gasteiger partial charge >= 0.3 is 0 Å². The smallest absolute Gasteiger partial charge is 0.193 e. The molecule has 0 saturated heterocycles. The first-order valence-electron chi connectivity index (χ1n) is 10.00. The normalized spacial score (nSPS) is 10.9. The lowest BCUT2D eigenvalue weighted by Crippen LogP contribution is -2.37. The number of aromatic nitrogens is 1. The van der Waals surface area contributed by atoms with Crippen LogP contribution in [0.25, 0.3) is 33.2 Å². The SMILES string of the molecule is c1ccc(C[n+]2cc3ccccc3c(-c3ccccc3)c2-c2ccccc2)cc1. The highest BCUT2D eigenvalue weighted by atomic mass is 15.0. The summed E-state index contributed by atoms with van der Waals surface area (Å²) in [6.45, 7) is 0.829. The van der Waals surface area contributed by atoms with Crippen LogP contribution in [0.5, 0.6) is 0 Å². The molecule has 5 rings (SSSR count). The van der Waals surface area contributed by atoms with Crippen LogP contribution >= 0.6 is 0 Å². The Morgan fingerprint density at radius 2 is 1.07 bits per heavy atom. The van der Waals surface area contributed by atoms with Gasteiger partial charge in [0.25, 0.3) is 0 Å². The quantitative estimate of drug-likeness (QED) is 0.317. The molecular weight excluding hydrogens is 350 g/mol. The molecule has 29 heavy (non-hydrogen) atoms. The molecule has 138 valence electrons. The summed E-state index contributed by atoms with van der Waals surface area (Å²) in [5.74, 6) is 0. The van der Waals surface area contributed by atoms with Gasteiger partial charge in [-0.2, -0.15) is 4.57 Å². The molecule has 0 aliphatic carbocycles. The van der Waals surface area contributed by atoms with E-state index >= 15 is 0 Å². The number of rotatable bonds is 4. The van der Waals surface area contributed by atoms with E-state index in [0.717, 1.165) is 6.54 Å². The molecule has 1 heterocycles. The molecule has 0 bridgehead atoms. The van der Waals surface area contributed by atoms with Crippen LogP contribution in [0.15, 0.2) is 121 Å². The second-order valence-electron chi connectivity index (χ2n) is 7.29. The van der Waals surface area contributed by atoms with Crippen molar-refractivity contribution in [2.75, 3.05) is 0 Å². The summed E-state index contributed by atoms with van der Waals surface area (Å²) < 4.78 is 2.40. The second kappa shape index (κ2) is 7.73. The minimum Gasteiger partial charge on any atom is -0.193 e. The van der Waals surface area contributed by atoms with Gasteiger partial charge in [-0.1, -0.05) is 97.1 Å². The first-order chi connectivity index (χ1) is 14.4. The molecule has 0 atom stereocenters. The van der Waals surface area contributed by atoms with Crippen LogP contribution in [0.4, 0.5) is 0 Å². The standard InChI is InChI=1S/C28H22N/c1-4-12-22(13-5-1)20-29-21-25-18-10-11-19-26(25)27(23-14-6-2-7-15-23)28(29)24-16-8-3-9-17-24/h1-19,21H,20H2/q+1. The Morgan fingerprint density at radius 3 is 1.76 bits per heavy atom. The maximum Gasteiger partial charge on any atom is 0.221 e. The van der Waals surface area contributed by atoms with Gasteiger partial charge in [0.1, 0.15) is 0 Å². The van der Waals surface area contributed by atoms with Gasteiger partial charge < -0.3 is 0 Å². The third-order valence-corrected chi connectivity index (χ3v) is 5.35. The number of benzene rings is 4. The molecular formula is C28H22N+. The van der Waals surface area contributed by atoms with Gasteiger partial charge in [-0.15, -0.1) is 0 Å². The Morgan fingerprint density at radius 1 is 0.517 bits per heavy atom. The van der Waals surface area contributed by atoms with Crippen molar-refractivity contribution in [1.29, 1.82) is 0 Å². The first kappa shape index (κ1) is 17.4. The largest absolute Gasteiger partial charge is 0.221 e. The number of pyridine rings is 1. The fourth-order valence-corrected chi connectivity index (χ4v) is 4.05. The molecule has 0 spiro atoms. The second-order valence-corrected chi connectivity index (χ2v) is 7.29. The van der Waals surface area contributed by atoms with Crippen molar-refractivity contribution in [2.45, 2.75) is 6.54 Å². The minimum absolute atomic E-state index is 0.829. The molecule has 0 aliphatic heterocycles. The lowest BCUT2D eigenvalue weighted by atomic mass is 9.93. The molecule has 0 aliphatic rings. The van der Waals surface area contributed by atoms with Gasteiger partial charge in [0.15, 0.2) is 12.7 Å². The van der Waals surface area contributed by atoms with Crippen LogP contribution in [-0.2, 0) is 6.54 Å². The summed E-state index contributed by atoms with van der Waals surface area (Å²) in [6, 6.07) is 40.8. The fourth-order valence-electron chi connectivity index (χ4n) is 4.05. The van der Waals surface area contributed by atoms with Crippen LogP contribution in [0.3, 0.4) is 0 Å². The molecule has 1 heteroatoms. The average molecular weight is 372 g/mol. The van der Waals surface area contributed by atoms with Crippen LogP contribution < -0.4 is 4.57 Å². The third-order valence-electron chi connectivity index (χ3n) is 5.35. The van der Waals surface area contributed by atoms with Gasteiger partial charge in [-0.3, -0.25) is 0 Å². The van der Waals surface area contributed by atoms with Crippen molar-refractivity contribution in [2.24, 2.45) is 0 Å².